The molecule has 1 aromatic heterocycles. The predicted molar refractivity (Wildman–Crippen MR) is 59.8 cm³/mol. The second kappa shape index (κ2) is 7.11. The number of aromatic nitrogens is 2. The molecule has 0 amide bonds. The van der Waals surface area contributed by atoms with Gasteiger partial charge >= 0.3 is 5.97 Å². The minimum Gasteiger partial charge on any atom is -0.481 e. The van der Waals surface area contributed by atoms with Gasteiger partial charge in [0.2, 0.25) is 0 Å². The quantitative estimate of drug-likeness (QED) is 0.831. The summed E-state index contributed by atoms with van der Waals surface area (Å²) >= 11 is 0. The number of hydrogen-bond acceptors (Lipinski definition) is 3. The third-order valence-electron chi connectivity index (χ3n) is 1.68. The van der Waals surface area contributed by atoms with Crippen LogP contribution in [0.4, 0.5) is 0 Å². The van der Waals surface area contributed by atoms with Crippen LogP contribution in [-0.2, 0) is 11.2 Å². The minimum atomic E-state index is -0.786. The highest BCUT2D eigenvalue weighted by Crippen LogP contribution is 1.98. The van der Waals surface area contributed by atoms with Crippen LogP contribution >= 0.6 is 0 Å². The topological polar surface area (TPSA) is 63.1 Å². The number of benzene rings is 1. The van der Waals surface area contributed by atoms with Crippen LogP contribution < -0.4 is 0 Å². The van der Waals surface area contributed by atoms with Gasteiger partial charge in [-0.2, -0.15) is 0 Å². The lowest BCUT2D eigenvalue weighted by Gasteiger charge is -1.92. The van der Waals surface area contributed by atoms with Gasteiger partial charge in [-0.15, -0.1) is 0 Å². The summed E-state index contributed by atoms with van der Waals surface area (Å²) in [5.74, 6) is -0.786. The Labute approximate surface area is 93.6 Å². The molecule has 0 saturated heterocycles. The number of rotatable bonds is 2. The zero-order valence-electron chi connectivity index (χ0n) is 8.65. The summed E-state index contributed by atoms with van der Waals surface area (Å²) in [7, 11) is 0. The van der Waals surface area contributed by atoms with E-state index in [0.717, 1.165) is 5.56 Å². The lowest BCUT2D eigenvalue weighted by Crippen LogP contribution is -1.98. The second-order valence-electron chi connectivity index (χ2n) is 2.96. The van der Waals surface area contributed by atoms with E-state index in [9.17, 15) is 4.79 Å². The Bertz CT molecular complexity index is 377. The summed E-state index contributed by atoms with van der Waals surface area (Å²) in [5, 5.41) is 8.37. The Morgan fingerprint density at radius 3 is 2.06 bits per heavy atom. The van der Waals surface area contributed by atoms with Gasteiger partial charge in [-0.05, 0) is 11.6 Å². The summed E-state index contributed by atoms with van der Waals surface area (Å²) < 4.78 is 0. The molecule has 0 aliphatic heterocycles. The van der Waals surface area contributed by atoms with Gasteiger partial charge < -0.3 is 5.11 Å². The third kappa shape index (κ3) is 5.49. The van der Waals surface area contributed by atoms with Crippen LogP contribution in [0.25, 0.3) is 0 Å². The van der Waals surface area contributed by atoms with E-state index in [2.05, 4.69) is 9.97 Å². The van der Waals surface area contributed by atoms with E-state index in [1.807, 2.05) is 18.2 Å². The lowest BCUT2D eigenvalue weighted by atomic mass is 10.2. The Hall–Kier alpha value is -2.23. The van der Waals surface area contributed by atoms with Crippen molar-refractivity contribution in [3.05, 3.63) is 60.7 Å². The first-order chi connectivity index (χ1) is 7.79. The highest BCUT2D eigenvalue weighted by molar-refractivity contribution is 5.70. The number of carbonyl (C=O) groups is 1. The van der Waals surface area contributed by atoms with Crippen molar-refractivity contribution in [2.24, 2.45) is 0 Å². The predicted octanol–water partition coefficient (Wildman–Crippen LogP) is 1.79. The molecule has 0 radical (unpaired) electrons. The van der Waals surface area contributed by atoms with Gasteiger partial charge in [-0.25, -0.2) is 9.97 Å². The van der Waals surface area contributed by atoms with Crippen LogP contribution in [0.3, 0.4) is 0 Å². The van der Waals surface area contributed by atoms with Gasteiger partial charge in [-0.1, -0.05) is 30.3 Å². The molecule has 0 aliphatic rings. The van der Waals surface area contributed by atoms with E-state index in [-0.39, 0.29) is 6.42 Å². The van der Waals surface area contributed by atoms with Crippen molar-refractivity contribution in [2.45, 2.75) is 6.42 Å². The van der Waals surface area contributed by atoms with E-state index in [1.54, 1.807) is 30.6 Å². The van der Waals surface area contributed by atoms with Gasteiger partial charge in [-0.3, -0.25) is 4.79 Å². The molecule has 2 aromatic rings. The van der Waals surface area contributed by atoms with E-state index < -0.39 is 5.97 Å². The van der Waals surface area contributed by atoms with E-state index in [1.165, 1.54) is 6.33 Å². The van der Waals surface area contributed by atoms with Crippen molar-refractivity contribution in [2.75, 3.05) is 0 Å². The first-order valence-corrected chi connectivity index (χ1v) is 4.74. The first kappa shape index (κ1) is 11.8. The van der Waals surface area contributed by atoms with Crippen LogP contribution in [0.2, 0.25) is 0 Å². The molecule has 82 valence electrons. The highest BCUT2D eigenvalue weighted by Gasteiger charge is 1.96. The zero-order chi connectivity index (χ0) is 11.6. The molecule has 4 nitrogen and oxygen atoms in total. The number of hydrogen-bond donors (Lipinski definition) is 1. The number of carboxylic acid groups (broad SMARTS) is 1. The molecule has 4 heteroatoms. The van der Waals surface area contributed by atoms with Crippen molar-refractivity contribution < 1.29 is 9.90 Å². The molecule has 1 N–H and O–H groups in total. The Morgan fingerprint density at radius 1 is 1.06 bits per heavy atom. The maximum atomic E-state index is 10.2. The summed E-state index contributed by atoms with van der Waals surface area (Å²) in [5.41, 5.74) is 0.843. The third-order valence-corrected chi connectivity index (χ3v) is 1.68. The zero-order valence-corrected chi connectivity index (χ0v) is 8.65. The maximum absolute atomic E-state index is 10.2. The number of nitrogens with zero attached hydrogens (tertiary/aromatic N) is 2. The van der Waals surface area contributed by atoms with Gasteiger partial charge in [0.05, 0.1) is 6.42 Å². The summed E-state index contributed by atoms with van der Waals surface area (Å²) in [6.07, 6.45) is 4.99. The van der Waals surface area contributed by atoms with Crippen LogP contribution in [0.5, 0.6) is 0 Å². The summed E-state index contributed by atoms with van der Waals surface area (Å²) in [4.78, 5) is 17.5. The largest absolute Gasteiger partial charge is 0.481 e. The molecule has 0 spiro atoms. The van der Waals surface area contributed by atoms with Crippen LogP contribution in [0.15, 0.2) is 55.1 Å². The van der Waals surface area contributed by atoms with Gasteiger partial charge in [0.15, 0.2) is 0 Å². The fourth-order valence-corrected chi connectivity index (χ4v) is 1.02. The molecule has 0 saturated carbocycles. The molecule has 0 aliphatic carbocycles. The van der Waals surface area contributed by atoms with Crippen molar-refractivity contribution >= 4 is 5.97 Å². The van der Waals surface area contributed by atoms with Gasteiger partial charge in [0.1, 0.15) is 6.33 Å². The maximum Gasteiger partial charge on any atom is 0.307 e. The molecule has 0 bridgehead atoms. The van der Waals surface area contributed by atoms with Crippen molar-refractivity contribution in [3.8, 4) is 0 Å². The van der Waals surface area contributed by atoms with Crippen molar-refractivity contribution in [1.82, 2.24) is 9.97 Å². The first-order valence-electron chi connectivity index (χ1n) is 4.74. The van der Waals surface area contributed by atoms with Gasteiger partial charge in [0.25, 0.3) is 0 Å². The minimum absolute atomic E-state index is 0.112. The molecular weight excluding hydrogens is 204 g/mol. The molecule has 1 heterocycles. The number of carboxylic acids is 1. The molecule has 16 heavy (non-hydrogen) atoms. The molecule has 0 fully saturated rings. The normalized spacial score (nSPS) is 8.75. The molecule has 1 aromatic carbocycles. The Kier molecular flexibility index (Phi) is 5.27. The van der Waals surface area contributed by atoms with E-state index in [0.29, 0.717) is 0 Å². The van der Waals surface area contributed by atoms with E-state index >= 15 is 0 Å². The molecule has 2 rings (SSSR count). The van der Waals surface area contributed by atoms with Crippen molar-refractivity contribution in [1.29, 1.82) is 0 Å². The standard InChI is InChI=1S/C8H8O2.C4H4N2/c9-8(10)6-7-4-2-1-3-5-7;1-2-5-4-6-3-1/h1-5H,6H2,(H,9,10);1-4H. The summed E-state index contributed by atoms with van der Waals surface area (Å²) in [6.45, 7) is 0. The SMILES string of the molecule is O=C(O)Cc1ccccc1.c1cncnc1. The number of aliphatic carboxylic acids is 1. The van der Waals surface area contributed by atoms with Gasteiger partial charge in [0, 0.05) is 12.4 Å². The Morgan fingerprint density at radius 2 is 1.69 bits per heavy atom. The van der Waals surface area contributed by atoms with Crippen LogP contribution in [-0.4, -0.2) is 21.0 Å². The summed E-state index contributed by atoms with van der Waals surface area (Å²) in [6, 6.07) is 10.9. The lowest BCUT2D eigenvalue weighted by molar-refractivity contribution is -0.136. The monoisotopic (exact) mass is 216 g/mol. The van der Waals surface area contributed by atoms with Crippen molar-refractivity contribution in [3.63, 3.8) is 0 Å². The fourth-order valence-electron chi connectivity index (χ4n) is 1.02. The average molecular weight is 216 g/mol. The molecule has 0 unspecified atom stereocenters. The highest BCUT2D eigenvalue weighted by atomic mass is 16.4. The average Bonchev–Trinajstić information content (AvgIpc) is 2.32. The Balaban J connectivity index is 0.000000181. The second-order valence-corrected chi connectivity index (χ2v) is 2.96. The molecule has 0 atom stereocenters. The van der Waals surface area contributed by atoms with E-state index in [4.69, 9.17) is 5.11 Å². The van der Waals surface area contributed by atoms with Crippen LogP contribution in [0.1, 0.15) is 5.56 Å². The molecular formula is C12H12N2O2. The van der Waals surface area contributed by atoms with Crippen LogP contribution in [0, 0.1) is 0 Å². The fraction of sp³-hybridized carbons (Fsp3) is 0.0833. The smallest absolute Gasteiger partial charge is 0.307 e.